The van der Waals surface area contributed by atoms with Crippen LogP contribution in [0, 0.1) is 0 Å². The van der Waals surface area contributed by atoms with Gasteiger partial charge in [-0.2, -0.15) is 5.10 Å². The molecule has 6 nitrogen and oxygen atoms in total. The Balaban J connectivity index is 1.95. The van der Waals surface area contributed by atoms with E-state index < -0.39 is 0 Å². The van der Waals surface area contributed by atoms with E-state index in [2.05, 4.69) is 15.7 Å². The quantitative estimate of drug-likeness (QED) is 0.687. The van der Waals surface area contributed by atoms with Crippen molar-refractivity contribution in [3.8, 4) is 0 Å². The van der Waals surface area contributed by atoms with Gasteiger partial charge in [-0.15, -0.1) is 0 Å². The number of carbonyl (C=O) groups excluding carboxylic acids is 1. The summed E-state index contributed by atoms with van der Waals surface area (Å²) in [6, 6.07) is 8.27. The number of hydrogen-bond acceptors (Lipinski definition) is 3. The van der Waals surface area contributed by atoms with Gasteiger partial charge in [0.2, 0.25) is 0 Å². The number of benzene rings is 1. The van der Waals surface area contributed by atoms with E-state index in [-0.39, 0.29) is 6.03 Å². The van der Waals surface area contributed by atoms with Crippen LogP contribution in [0.4, 0.5) is 22.0 Å². The lowest BCUT2D eigenvalue weighted by Crippen LogP contribution is -2.19. The number of nitrogens with one attached hydrogen (secondary N) is 2. The number of hydrogen-bond donors (Lipinski definition) is 3. The van der Waals surface area contributed by atoms with Crippen LogP contribution in [0.3, 0.4) is 0 Å². The standard InChI is InChI=1S/C11H13N5O/c1-16-7-6-10(15-16)14-11(17)13-9-4-2-8(12)3-5-9/h2-7H,12H2,1H3,(H2,13,14,15,17). The van der Waals surface area contributed by atoms with Crippen molar-refractivity contribution in [3.05, 3.63) is 36.5 Å². The highest BCUT2D eigenvalue weighted by Crippen LogP contribution is 2.11. The van der Waals surface area contributed by atoms with E-state index in [1.807, 2.05) is 0 Å². The Morgan fingerprint density at radius 3 is 2.53 bits per heavy atom. The topological polar surface area (TPSA) is 85.0 Å². The number of aromatic nitrogens is 2. The van der Waals surface area contributed by atoms with Crippen molar-refractivity contribution in [1.82, 2.24) is 9.78 Å². The first kappa shape index (κ1) is 11.0. The van der Waals surface area contributed by atoms with Crippen LogP contribution in [0.2, 0.25) is 0 Å². The second-order valence-electron chi connectivity index (χ2n) is 3.58. The van der Waals surface area contributed by atoms with Gasteiger partial charge in [-0.1, -0.05) is 0 Å². The zero-order valence-corrected chi connectivity index (χ0v) is 9.34. The van der Waals surface area contributed by atoms with E-state index in [0.717, 1.165) is 0 Å². The fourth-order valence-corrected chi connectivity index (χ4v) is 1.33. The Bertz CT molecular complexity index is 517. The largest absolute Gasteiger partial charge is 0.399 e. The highest BCUT2D eigenvalue weighted by atomic mass is 16.2. The first-order valence-electron chi connectivity index (χ1n) is 5.07. The van der Waals surface area contributed by atoms with Crippen molar-refractivity contribution < 1.29 is 4.79 Å². The number of nitrogen functional groups attached to an aromatic ring is 1. The third-order valence-electron chi connectivity index (χ3n) is 2.12. The van der Waals surface area contributed by atoms with E-state index in [1.165, 1.54) is 0 Å². The van der Waals surface area contributed by atoms with Gasteiger partial charge < -0.3 is 11.1 Å². The van der Waals surface area contributed by atoms with E-state index in [9.17, 15) is 4.79 Å². The average Bonchev–Trinajstić information content (AvgIpc) is 2.67. The van der Waals surface area contributed by atoms with Crippen LogP contribution in [0.1, 0.15) is 0 Å². The molecule has 0 saturated heterocycles. The Hall–Kier alpha value is -2.50. The van der Waals surface area contributed by atoms with Crippen molar-refractivity contribution in [3.63, 3.8) is 0 Å². The van der Waals surface area contributed by atoms with Gasteiger partial charge in [0.25, 0.3) is 0 Å². The summed E-state index contributed by atoms with van der Waals surface area (Å²) in [7, 11) is 1.78. The Morgan fingerprint density at radius 2 is 1.94 bits per heavy atom. The molecule has 0 unspecified atom stereocenters. The maximum atomic E-state index is 11.6. The van der Waals surface area contributed by atoms with Crippen LogP contribution >= 0.6 is 0 Å². The van der Waals surface area contributed by atoms with Gasteiger partial charge >= 0.3 is 6.03 Å². The molecule has 2 aromatic rings. The lowest BCUT2D eigenvalue weighted by molar-refractivity contribution is 0.262. The summed E-state index contributed by atoms with van der Waals surface area (Å²) >= 11 is 0. The van der Waals surface area contributed by atoms with Crippen molar-refractivity contribution in [2.24, 2.45) is 7.05 Å². The Kier molecular flexibility index (Phi) is 2.95. The SMILES string of the molecule is Cn1ccc(NC(=O)Nc2ccc(N)cc2)n1. The van der Waals surface area contributed by atoms with E-state index in [0.29, 0.717) is 17.2 Å². The second kappa shape index (κ2) is 4.56. The van der Waals surface area contributed by atoms with E-state index in [4.69, 9.17) is 5.73 Å². The predicted octanol–water partition coefficient (Wildman–Crippen LogP) is 1.65. The third-order valence-corrected chi connectivity index (χ3v) is 2.12. The van der Waals surface area contributed by atoms with Crippen molar-refractivity contribution >= 4 is 23.2 Å². The smallest absolute Gasteiger partial charge is 0.324 e. The number of amides is 2. The highest BCUT2D eigenvalue weighted by Gasteiger charge is 2.03. The van der Waals surface area contributed by atoms with Crippen molar-refractivity contribution in [1.29, 1.82) is 0 Å². The summed E-state index contributed by atoms with van der Waals surface area (Å²) in [5, 5.41) is 9.32. The molecular formula is C11H13N5O. The van der Waals surface area contributed by atoms with Crippen LogP contribution in [0.5, 0.6) is 0 Å². The molecule has 0 radical (unpaired) electrons. The first-order valence-corrected chi connectivity index (χ1v) is 5.07. The van der Waals surface area contributed by atoms with Crippen LogP contribution < -0.4 is 16.4 Å². The monoisotopic (exact) mass is 231 g/mol. The first-order chi connectivity index (χ1) is 8.13. The van der Waals surface area contributed by atoms with Crippen LogP contribution in [0.25, 0.3) is 0 Å². The summed E-state index contributed by atoms with van der Waals surface area (Å²) in [6.07, 6.45) is 1.75. The molecule has 1 aromatic carbocycles. The molecule has 2 amide bonds. The third kappa shape index (κ3) is 2.97. The van der Waals surface area contributed by atoms with Crippen molar-refractivity contribution in [2.45, 2.75) is 0 Å². The zero-order chi connectivity index (χ0) is 12.3. The normalized spacial score (nSPS) is 9.94. The number of anilines is 3. The predicted molar refractivity (Wildman–Crippen MR) is 66.7 cm³/mol. The molecule has 0 fully saturated rings. The highest BCUT2D eigenvalue weighted by molar-refractivity contribution is 5.99. The lowest BCUT2D eigenvalue weighted by atomic mass is 10.3. The molecule has 17 heavy (non-hydrogen) atoms. The molecule has 6 heteroatoms. The Morgan fingerprint density at radius 1 is 1.24 bits per heavy atom. The van der Waals surface area contributed by atoms with Gasteiger partial charge in [0.1, 0.15) is 0 Å². The minimum atomic E-state index is -0.339. The number of aryl methyl sites for hydroxylation is 1. The lowest BCUT2D eigenvalue weighted by Gasteiger charge is -2.05. The van der Waals surface area contributed by atoms with Gasteiger partial charge in [0, 0.05) is 30.7 Å². The van der Waals surface area contributed by atoms with Gasteiger partial charge in [-0.25, -0.2) is 4.79 Å². The maximum Gasteiger partial charge on any atom is 0.324 e. The molecule has 0 aliphatic heterocycles. The minimum Gasteiger partial charge on any atom is -0.399 e. The molecule has 1 aromatic heterocycles. The summed E-state index contributed by atoms with van der Waals surface area (Å²) in [5.41, 5.74) is 6.87. The van der Waals surface area contributed by atoms with E-state index in [1.54, 1.807) is 48.3 Å². The van der Waals surface area contributed by atoms with Gasteiger partial charge in [-0.05, 0) is 24.3 Å². The summed E-state index contributed by atoms with van der Waals surface area (Å²) < 4.78 is 1.61. The van der Waals surface area contributed by atoms with Crippen LogP contribution in [0.15, 0.2) is 36.5 Å². The number of carbonyl (C=O) groups is 1. The maximum absolute atomic E-state index is 11.6. The number of nitrogens with zero attached hydrogens (tertiary/aromatic N) is 2. The minimum absolute atomic E-state index is 0.339. The molecule has 88 valence electrons. The molecule has 0 spiro atoms. The molecule has 1 heterocycles. The second-order valence-corrected chi connectivity index (χ2v) is 3.58. The molecular weight excluding hydrogens is 218 g/mol. The fraction of sp³-hybridized carbons (Fsp3) is 0.0909. The summed E-state index contributed by atoms with van der Waals surface area (Å²) in [4.78, 5) is 11.6. The van der Waals surface area contributed by atoms with E-state index >= 15 is 0 Å². The molecule has 0 aliphatic carbocycles. The summed E-state index contributed by atoms with van der Waals surface area (Å²) in [5.74, 6) is 0.500. The zero-order valence-electron chi connectivity index (χ0n) is 9.34. The van der Waals surface area contributed by atoms with Crippen LogP contribution in [-0.2, 0) is 7.05 Å². The van der Waals surface area contributed by atoms with Gasteiger partial charge in [0.15, 0.2) is 5.82 Å². The molecule has 4 N–H and O–H groups in total. The molecule has 0 bridgehead atoms. The van der Waals surface area contributed by atoms with Crippen LogP contribution in [-0.4, -0.2) is 15.8 Å². The molecule has 0 aliphatic rings. The number of nitrogens with two attached hydrogens (primary N) is 1. The van der Waals surface area contributed by atoms with Crippen molar-refractivity contribution in [2.75, 3.05) is 16.4 Å². The number of rotatable bonds is 2. The fourth-order valence-electron chi connectivity index (χ4n) is 1.33. The van der Waals surface area contributed by atoms with Gasteiger partial charge in [0.05, 0.1) is 0 Å². The summed E-state index contributed by atoms with van der Waals surface area (Å²) in [6.45, 7) is 0. The molecule has 0 saturated carbocycles. The molecule has 2 rings (SSSR count). The number of urea groups is 1. The average molecular weight is 231 g/mol. The Labute approximate surface area is 98.4 Å². The molecule has 0 atom stereocenters. The van der Waals surface area contributed by atoms with Gasteiger partial charge in [-0.3, -0.25) is 10.00 Å².